The van der Waals surface area contributed by atoms with Gasteiger partial charge in [-0.15, -0.1) is 0 Å². The number of carboxylic acids is 1. The van der Waals surface area contributed by atoms with Crippen molar-refractivity contribution in [1.82, 2.24) is 4.90 Å². The first-order valence-corrected chi connectivity index (χ1v) is 6.32. The third-order valence-corrected chi connectivity index (χ3v) is 3.43. The lowest BCUT2D eigenvalue weighted by Gasteiger charge is -2.27. The minimum atomic E-state index is -0.977. The average molecular weight is 273 g/mol. The van der Waals surface area contributed by atoms with Crippen molar-refractivity contribution in [3.63, 3.8) is 0 Å². The molecule has 1 aliphatic rings. The molecule has 6 heteroatoms. The number of rotatable bonds is 2. The summed E-state index contributed by atoms with van der Waals surface area (Å²) in [6, 6.07) is 7.55. The Kier molecular flexibility index (Phi) is 3.89. The number of nitriles is 1. The lowest BCUT2D eigenvalue weighted by Crippen LogP contribution is -2.46. The summed E-state index contributed by atoms with van der Waals surface area (Å²) in [4.78, 5) is 26.2. The van der Waals surface area contributed by atoms with Crippen LogP contribution >= 0.6 is 0 Å². The number of anilines is 1. The Labute approximate surface area is 116 Å². The molecule has 0 unspecified atom stereocenters. The van der Waals surface area contributed by atoms with Gasteiger partial charge >= 0.3 is 12.0 Å². The number of benzene rings is 1. The number of hydrogen-bond donors (Lipinski definition) is 1. The first-order chi connectivity index (χ1) is 9.54. The number of aliphatic carboxylic acids is 1. The Hall–Kier alpha value is -2.55. The van der Waals surface area contributed by atoms with E-state index in [9.17, 15) is 9.59 Å². The fourth-order valence-corrected chi connectivity index (χ4v) is 2.34. The van der Waals surface area contributed by atoms with Crippen LogP contribution in [0.3, 0.4) is 0 Å². The van der Waals surface area contributed by atoms with Gasteiger partial charge in [-0.2, -0.15) is 5.26 Å². The molecule has 1 heterocycles. The monoisotopic (exact) mass is 273 g/mol. The maximum absolute atomic E-state index is 12.4. The number of carbonyl (C=O) groups is 2. The molecule has 2 rings (SSSR count). The number of carboxylic acid groups (broad SMARTS) is 1. The lowest BCUT2D eigenvalue weighted by molar-refractivity contribution is -0.141. The van der Waals surface area contributed by atoms with Crippen LogP contribution < -0.4 is 4.90 Å². The maximum atomic E-state index is 12.4. The smallest absolute Gasteiger partial charge is 0.326 e. The summed E-state index contributed by atoms with van der Waals surface area (Å²) in [6.45, 7) is 0.443. The summed E-state index contributed by atoms with van der Waals surface area (Å²) < 4.78 is 0. The number of likely N-dealkylation sites (tertiary alicyclic amines) is 1. The molecule has 0 radical (unpaired) electrons. The van der Waals surface area contributed by atoms with Crippen molar-refractivity contribution in [1.29, 1.82) is 5.26 Å². The number of amides is 2. The van der Waals surface area contributed by atoms with Crippen molar-refractivity contribution < 1.29 is 14.7 Å². The van der Waals surface area contributed by atoms with Gasteiger partial charge in [0.25, 0.3) is 0 Å². The molecule has 1 aromatic rings. The van der Waals surface area contributed by atoms with E-state index in [0.29, 0.717) is 30.6 Å². The Morgan fingerprint density at radius 2 is 2.25 bits per heavy atom. The highest BCUT2D eigenvalue weighted by atomic mass is 16.4. The van der Waals surface area contributed by atoms with E-state index in [1.807, 2.05) is 6.07 Å². The second kappa shape index (κ2) is 5.61. The molecule has 0 aliphatic carbocycles. The van der Waals surface area contributed by atoms with Gasteiger partial charge in [0.15, 0.2) is 0 Å². The molecule has 1 aromatic carbocycles. The number of hydrogen-bond acceptors (Lipinski definition) is 3. The van der Waals surface area contributed by atoms with Crippen LogP contribution in [-0.4, -0.2) is 41.6 Å². The molecule has 2 amide bonds. The summed E-state index contributed by atoms with van der Waals surface area (Å²) in [6.07, 6.45) is 1.17. The zero-order valence-electron chi connectivity index (χ0n) is 11.1. The molecule has 1 atom stereocenters. The van der Waals surface area contributed by atoms with Gasteiger partial charge in [-0.3, -0.25) is 4.90 Å². The van der Waals surface area contributed by atoms with Gasteiger partial charge < -0.3 is 10.0 Å². The van der Waals surface area contributed by atoms with E-state index >= 15 is 0 Å². The van der Waals surface area contributed by atoms with Crippen LogP contribution in [0.5, 0.6) is 0 Å². The Morgan fingerprint density at radius 3 is 2.90 bits per heavy atom. The summed E-state index contributed by atoms with van der Waals surface area (Å²) in [7, 11) is 1.58. The molecular formula is C14H15N3O3. The van der Waals surface area contributed by atoms with Gasteiger partial charge in [0, 0.05) is 19.3 Å². The standard InChI is InChI=1S/C14H15N3O3/c1-16(11-5-2-4-10(8-11)9-15)14(20)17-7-3-6-12(17)13(18)19/h2,4-5,8,12H,3,6-7H2,1H3,(H,18,19)/t12-/m1/s1. The second-order valence-corrected chi connectivity index (χ2v) is 4.69. The number of nitrogens with zero attached hydrogens (tertiary/aromatic N) is 3. The average Bonchev–Trinajstić information content (AvgIpc) is 2.95. The fourth-order valence-electron chi connectivity index (χ4n) is 2.34. The van der Waals surface area contributed by atoms with E-state index in [1.165, 1.54) is 9.80 Å². The molecule has 0 bridgehead atoms. The SMILES string of the molecule is CN(C(=O)N1CCC[C@@H]1C(=O)O)c1cccc(C#N)c1. The highest BCUT2D eigenvalue weighted by Gasteiger charge is 2.35. The zero-order chi connectivity index (χ0) is 14.7. The first-order valence-electron chi connectivity index (χ1n) is 6.32. The third kappa shape index (κ3) is 2.57. The largest absolute Gasteiger partial charge is 0.480 e. The Bertz CT molecular complexity index is 579. The van der Waals surface area contributed by atoms with E-state index in [1.54, 1.807) is 31.3 Å². The number of urea groups is 1. The summed E-state index contributed by atoms with van der Waals surface area (Å²) >= 11 is 0. The highest BCUT2D eigenvalue weighted by Crippen LogP contribution is 2.22. The fraction of sp³-hybridized carbons (Fsp3) is 0.357. The van der Waals surface area contributed by atoms with Crippen molar-refractivity contribution in [2.75, 3.05) is 18.5 Å². The van der Waals surface area contributed by atoms with E-state index in [0.717, 1.165) is 0 Å². The van der Waals surface area contributed by atoms with Crippen molar-refractivity contribution in [3.8, 4) is 6.07 Å². The molecule has 0 aromatic heterocycles. The minimum Gasteiger partial charge on any atom is -0.480 e. The van der Waals surface area contributed by atoms with Crippen molar-refractivity contribution in [3.05, 3.63) is 29.8 Å². The third-order valence-electron chi connectivity index (χ3n) is 3.43. The lowest BCUT2D eigenvalue weighted by atomic mass is 10.2. The molecular weight excluding hydrogens is 258 g/mol. The zero-order valence-corrected chi connectivity index (χ0v) is 11.1. The summed E-state index contributed by atoms with van der Waals surface area (Å²) in [5.74, 6) is -0.977. The first kappa shape index (κ1) is 13.9. The second-order valence-electron chi connectivity index (χ2n) is 4.69. The van der Waals surface area contributed by atoms with Gasteiger partial charge in [0.05, 0.1) is 11.6 Å². The van der Waals surface area contributed by atoms with Gasteiger partial charge in [0.1, 0.15) is 6.04 Å². The van der Waals surface area contributed by atoms with E-state index < -0.39 is 12.0 Å². The normalized spacial score (nSPS) is 17.6. The molecule has 1 fully saturated rings. The van der Waals surface area contributed by atoms with Crippen molar-refractivity contribution in [2.24, 2.45) is 0 Å². The van der Waals surface area contributed by atoms with Crippen LogP contribution in [0.25, 0.3) is 0 Å². The van der Waals surface area contributed by atoms with E-state index in [4.69, 9.17) is 10.4 Å². The predicted molar refractivity (Wildman–Crippen MR) is 72.3 cm³/mol. The highest BCUT2D eigenvalue weighted by molar-refractivity contribution is 5.94. The van der Waals surface area contributed by atoms with Crippen LogP contribution in [0, 0.1) is 11.3 Å². The molecule has 6 nitrogen and oxygen atoms in total. The Balaban J connectivity index is 2.20. The molecule has 1 aliphatic heterocycles. The van der Waals surface area contributed by atoms with Crippen molar-refractivity contribution >= 4 is 17.7 Å². The van der Waals surface area contributed by atoms with Gasteiger partial charge in [-0.05, 0) is 31.0 Å². The van der Waals surface area contributed by atoms with Crippen LogP contribution in [0.2, 0.25) is 0 Å². The van der Waals surface area contributed by atoms with Crippen LogP contribution in [0.4, 0.5) is 10.5 Å². The van der Waals surface area contributed by atoms with Gasteiger partial charge in [-0.25, -0.2) is 9.59 Å². The van der Waals surface area contributed by atoms with Gasteiger partial charge in [-0.1, -0.05) is 6.07 Å². The summed E-state index contributed by atoms with van der Waals surface area (Å²) in [5, 5.41) is 18.0. The Morgan fingerprint density at radius 1 is 1.50 bits per heavy atom. The topological polar surface area (TPSA) is 84.6 Å². The quantitative estimate of drug-likeness (QED) is 0.888. The van der Waals surface area contributed by atoms with Crippen LogP contribution in [0.15, 0.2) is 24.3 Å². The minimum absolute atomic E-state index is 0.356. The number of carbonyl (C=O) groups excluding carboxylic acids is 1. The van der Waals surface area contributed by atoms with Crippen molar-refractivity contribution in [2.45, 2.75) is 18.9 Å². The van der Waals surface area contributed by atoms with E-state index in [2.05, 4.69) is 0 Å². The molecule has 1 saturated heterocycles. The molecule has 104 valence electrons. The maximum Gasteiger partial charge on any atom is 0.326 e. The van der Waals surface area contributed by atoms with Crippen LogP contribution in [-0.2, 0) is 4.79 Å². The molecule has 0 spiro atoms. The predicted octanol–water partition coefficient (Wildman–Crippen LogP) is 1.66. The molecule has 0 saturated carbocycles. The summed E-state index contributed by atoms with van der Waals surface area (Å²) in [5.41, 5.74) is 1.03. The molecule has 1 N–H and O–H groups in total. The molecule has 20 heavy (non-hydrogen) atoms. The van der Waals surface area contributed by atoms with Gasteiger partial charge in [0.2, 0.25) is 0 Å². The van der Waals surface area contributed by atoms with Crippen LogP contribution in [0.1, 0.15) is 18.4 Å². The van der Waals surface area contributed by atoms with E-state index in [-0.39, 0.29) is 6.03 Å².